The third-order valence-electron chi connectivity index (χ3n) is 6.62. The molecule has 4 rings (SSSR count). The molecule has 2 fully saturated rings. The van der Waals surface area contributed by atoms with Crippen LogP contribution < -0.4 is 10.1 Å². The molecule has 0 heterocycles. The first-order chi connectivity index (χ1) is 14.5. The van der Waals surface area contributed by atoms with Gasteiger partial charge in [-0.1, -0.05) is 48.5 Å². The largest absolute Gasteiger partial charge is 0.490 e. The molecule has 1 amide bonds. The van der Waals surface area contributed by atoms with Crippen LogP contribution in [0.15, 0.2) is 36.4 Å². The highest BCUT2D eigenvalue weighted by Gasteiger charge is 2.42. The summed E-state index contributed by atoms with van der Waals surface area (Å²) in [4.78, 5) is 13.6. The highest BCUT2D eigenvalue weighted by atomic mass is 35.5. The lowest BCUT2D eigenvalue weighted by Gasteiger charge is -2.37. The summed E-state index contributed by atoms with van der Waals surface area (Å²) >= 11 is 12.7. The van der Waals surface area contributed by atoms with Gasteiger partial charge in [0.2, 0.25) is 5.91 Å². The van der Waals surface area contributed by atoms with Crippen LogP contribution in [0.3, 0.4) is 0 Å². The van der Waals surface area contributed by atoms with Gasteiger partial charge in [0.15, 0.2) is 0 Å². The molecule has 2 aliphatic carbocycles. The van der Waals surface area contributed by atoms with Gasteiger partial charge in [0, 0.05) is 15.7 Å². The van der Waals surface area contributed by atoms with Gasteiger partial charge in [0.25, 0.3) is 0 Å². The lowest BCUT2D eigenvalue weighted by Crippen LogP contribution is -2.42. The van der Waals surface area contributed by atoms with E-state index in [1.54, 1.807) is 6.07 Å². The second-order valence-electron chi connectivity index (χ2n) is 8.73. The van der Waals surface area contributed by atoms with E-state index < -0.39 is 5.41 Å². The third-order valence-corrected chi connectivity index (χ3v) is 7.16. The van der Waals surface area contributed by atoms with Gasteiger partial charge in [-0.3, -0.25) is 4.79 Å². The molecule has 2 saturated carbocycles. The van der Waals surface area contributed by atoms with Gasteiger partial charge < -0.3 is 10.1 Å². The molecule has 2 aromatic carbocycles. The Labute approximate surface area is 189 Å². The fraction of sp³-hybridized carbons (Fsp3) is 0.480. The Kier molecular flexibility index (Phi) is 6.60. The molecule has 5 heteroatoms. The molecule has 0 spiro atoms. The van der Waals surface area contributed by atoms with E-state index >= 15 is 0 Å². The quantitative estimate of drug-likeness (QED) is 0.518. The molecule has 160 valence electrons. The van der Waals surface area contributed by atoms with E-state index in [0.717, 1.165) is 67.5 Å². The van der Waals surface area contributed by atoms with Crippen molar-refractivity contribution in [1.82, 2.24) is 0 Å². The first-order valence-corrected chi connectivity index (χ1v) is 11.8. The minimum atomic E-state index is -0.618. The number of rotatable bonds is 5. The van der Waals surface area contributed by atoms with E-state index in [1.807, 2.05) is 37.3 Å². The van der Waals surface area contributed by atoms with Gasteiger partial charge >= 0.3 is 0 Å². The van der Waals surface area contributed by atoms with E-state index in [9.17, 15) is 4.79 Å². The Balaban J connectivity index is 1.56. The summed E-state index contributed by atoms with van der Waals surface area (Å²) in [6.45, 7) is 2.03. The van der Waals surface area contributed by atoms with Gasteiger partial charge in [0.1, 0.15) is 5.75 Å². The zero-order valence-corrected chi connectivity index (χ0v) is 19.0. The van der Waals surface area contributed by atoms with Crippen LogP contribution in [0.5, 0.6) is 5.75 Å². The van der Waals surface area contributed by atoms with Crippen LogP contribution in [0, 0.1) is 6.92 Å². The molecule has 0 radical (unpaired) electrons. The number of amides is 1. The summed E-state index contributed by atoms with van der Waals surface area (Å²) in [6.07, 6.45) is 9.82. The number of hydrogen-bond acceptors (Lipinski definition) is 2. The molecular formula is C25H29Cl2NO2. The lowest BCUT2D eigenvalue weighted by atomic mass is 9.68. The number of benzene rings is 2. The Morgan fingerprint density at radius 1 is 1.00 bits per heavy atom. The summed E-state index contributed by atoms with van der Waals surface area (Å²) in [6, 6.07) is 11.4. The van der Waals surface area contributed by atoms with E-state index in [4.69, 9.17) is 27.9 Å². The third kappa shape index (κ3) is 4.48. The van der Waals surface area contributed by atoms with Gasteiger partial charge in [-0.05, 0) is 86.9 Å². The minimum Gasteiger partial charge on any atom is -0.490 e. The fourth-order valence-corrected chi connectivity index (χ4v) is 5.54. The van der Waals surface area contributed by atoms with Crippen molar-refractivity contribution in [2.75, 3.05) is 5.32 Å². The molecule has 0 saturated heterocycles. The standard InChI is InChI=1S/C25H29Cl2NO2/c1-17-15-19(10-12-23(17)30-20-7-3-4-8-20)28-24(29)25(13-5-2-6-14-25)21-11-9-18(26)16-22(21)27/h9-12,15-16,20H,2-8,13-14H2,1H3,(H,28,29). The molecule has 0 aromatic heterocycles. The number of hydrogen-bond donors (Lipinski definition) is 1. The highest BCUT2D eigenvalue weighted by molar-refractivity contribution is 6.35. The van der Waals surface area contributed by atoms with Crippen LogP contribution in [0.4, 0.5) is 5.69 Å². The number of anilines is 1. The topological polar surface area (TPSA) is 38.3 Å². The summed E-state index contributed by atoms with van der Waals surface area (Å²) in [5.41, 5.74) is 2.10. The van der Waals surface area contributed by atoms with Crippen molar-refractivity contribution in [3.8, 4) is 5.75 Å². The summed E-state index contributed by atoms with van der Waals surface area (Å²) in [7, 11) is 0. The van der Waals surface area contributed by atoms with Crippen LogP contribution in [-0.2, 0) is 10.2 Å². The molecule has 2 aliphatic rings. The molecule has 2 aromatic rings. The van der Waals surface area contributed by atoms with Crippen LogP contribution in [0.25, 0.3) is 0 Å². The van der Waals surface area contributed by atoms with Crippen molar-refractivity contribution in [3.63, 3.8) is 0 Å². The molecule has 0 aliphatic heterocycles. The summed E-state index contributed by atoms with van der Waals surface area (Å²) < 4.78 is 6.16. The first-order valence-electron chi connectivity index (χ1n) is 11.0. The number of aryl methyl sites for hydroxylation is 1. The van der Waals surface area contributed by atoms with Gasteiger partial charge in [-0.2, -0.15) is 0 Å². The Morgan fingerprint density at radius 2 is 1.73 bits per heavy atom. The van der Waals surface area contributed by atoms with Crippen molar-refractivity contribution in [2.24, 2.45) is 0 Å². The van der Waals surface area contributed by atoms with Crippen LogP contribution >= 0.6 is 23.2 Å². The highest BCUT2D eigenvalue weighted by Crippen LogP contribution is 2.44. The number of carbonyl (C=O) groups excluding carboxylic acids is 1. The smallest absolute Gasteiger partial charge is 0.235 e. The average molecular weight is 446 g/mol. The second-order valence-corrected chi connectivity index (χ2v) is 9.57. The lowest BCUT2D eigenvalue weighted by molar-refractivity contribution is -0.122. The van der Waals surface area contributed by atoms with E-state index in [1.165, 1.54) is 12.8 Å². The maximum atomic E-state index is 13.6. The number of carbonyl (C=O) groups is 1. The molecule has 0 unspecified atom stereocenters. The van der Waals surface area contributed by atoms with Crippen molar-refractivity contribution in [2.45, 2.75) is 76.2 Å². The number of ether oxygens (including phenoxy) is 1. The average Bonchev–Trinajstić information content (AvgIpc) is 3.24. The Bertz CT molecular complexity index is 915. The maximum Gasteiger partial charge on any atom is 0.235 e. The summed E-state index contributed by atoms with van der Waals surface area (Å²) in [5, 5.41) is 4.32. The number of nitrogens with one attached hydrogen (secondary N) is 1. The predicted molar refractivity (Wildman–Crippen MR) is 124 cm³/mol. The fourth-order valence-electron chi connectivity index (χ4n) is 4.95. The van der Waals surface area contributed by atoms with Crippen LogP contribution in [0.2, 0.25) is 10.0 Å². The molecule has 3 nitrogen and oxygen atoms in total. The Hall–Kier alpha value is -1.71. The zero-order valence-electron chi connectivity index (χ0n) is 17.5. The first kappa shape index (κ1) is 21.5. The van der Waals surface area contributed by atoms with Gasteiger partial charge in [0.05, 0.1) is 11.5 Å². The molecule has 0 bridgehead atoms. The molecule has 30 heavy (non-hydrogen) atoms. The maximum absolute atomic E-state index is 13.6. The molecular weight excluding hydrogens is 417 g/mol. The second kappa shape index (κ2) is 9.20. The van der Waals surface area contributed by atoms with Crippen molar-refractivity contribution in [1.29, 1.82) is 0 Å². The van der Waals surface area contributed by atoms with E-state index in [2.05, 4.69) is 5.32 Å². The van der Waals surface area contributed by atoms with Crippen molar-refractivity contribution < 1.29 is 9.53 Å². The Morgan fingerprint density at radius 3 is 2.40 bits per heavy atom. The zero-order chi connectivity index (χ0) is 21.1. The summed E-state index contributed by atoms with van der Waals surface area (Å²) in [5.74, 6) is 0.920. The van der Waals surface area contributed by atoms with Crippen LogP contribution in [-0.4, -0.2) is 12.0 Å². The van der Waals surface area contributed by atoms with Gasteiger partial charge in [-0.25, -0.2) is 0 Å². The predicted octanol–water partition coefficient (Wildman–Crippen LogP) is 7.46. The van der Waals surface area contributed by atoms with Crippen molar-refractivity contribution in [3.05, 3.63) is 57.6 Å². The van der Waals surface area contributed by atoms with E-state index in [-0.39, 0.29) is 5.91 Å². The van der Waals surface area contributed by atoms with Crippen LogP contribution in [0.1, 0.15) is 68.9 Å². The SMILES string of the molecule is Cc1cc(NC(=O)C2(c3ccc(Cl)cc3Cl)CCCCC2)ccc1OC1CCCC1. The minimum absolute atomic E-state index is 0.00952. The number of halogens is 2. The molecule has 1 N–H and O–H groups in total. The van der Waals surface area contributed by atoms with Gasteiger partial charge in [-0.15, -0.1) is 0 Å². The molecule has 0 atom stereocenters. The van der Waals surface area contributed by atoms with E-state index in [0.29, 0.717) is 16.1 Å². The monoisotopic (exact) mass is 445 g/mol. The normalized spacial score (nSPS) is 18.9. The van der Waals surface area contributed by atoms with Crippen molar-refractivity contribution >= 4 is 34.8 Å².